The lowest BCUT2D eigenvalue weighted by Crippen LogP contribution is -2.36. The molecule has 1 atom stereocenters. The van der Waals surface area contributed by atoms with Gasteiger partial charge in [-0.2, -0.15) is 4.31 Å². The summed E-state index contributed by atoms with van der Waals surface area (Å²) in [6, 6.07) is 4.48. The molecule has 1 aromatic rings. The van der Waals surface area contributed by atoms with Crippen molar-refractivity contribution in [2.75, 3.05) is 25.4 Å². The summed E-state index contributed by atoms with van der Waals surface area (Å²) in [5.41, 5.74) is 6.02. The summed E-state index contributed by atoms with van der Waals surface area (Å²) < 4.78 is 32.0. The van der Waals surface area contributed by atoms with Gasteiger partial charge in [-0.3, -0.25) is 0 Å². The van der Waals surface area contributed by atoms with Crippen LogP contribution in [-0.2, 0) is 14.8 Å². The molecular weight excluding hydrogens is 288 g/mol. The molecule has 0 saturated carbocycles. The number of halogens is 1. The average molecular weight is 305 g/mol. The summed E-state index contributed by atoms with van der Waals surface area (Å²) in [7, 11) is -3.63. The smallest absolute Gasteiger partial charge is 0.244 e. The Kier molecular flexibility index (Phi) is 4.35. The van der Waals surface area contributed by atoms with Crippen molar-refractivity contribution in [1.82, 2.24) is 4.31 Å². The molecule has 106 valence electrons. The molecule has 0 aromatic heterocycles. The lowest BCUT2D eigenvalue weighted by Gasteiger charge is -2.22. The third-order valence-corrected chi connectivity index (χ3v) is 5.33. The fourth-order valence-corrected chi connectivity index (χ4v) is 4.09. The molecule has 19 heavy (non-hydrogen) atoms. The quantitative estimate of drug-likeness (QED) is 0.844. The van der Waals surface area contributed by atoms with Gasteiger partial charge in [0.25, 0.3) is 0 Å². The molecule has 1 fully saturated rings. The zero-order valence-electron chi connectivity index (χ0n) is 10.7. The van der Waals surface area contributed by atoms with Crippen LogP contribution in [0.1, 0.15) is 13.3 Å². The van der Waals surface area contributed by atoms with E-state index in [-0.39, 0.29) is 16.0 Å². The molecular formula is C12H17ClN2O3S. The minimum absolute atomic E-state index is 0.0586. The number of hydrogen-bond donors (Lipinski definition) is 1. The first-order valence-electron chi connectivity index (χ1n) is 6.08. The Hall–Kier alpha value is -0.820. The van der Waals surface area contributed by atoms with E-state index < -0.39 is 10.0 Å². The maximum Gasteiger partial charge on any atom is 0.244 e. The largest absolute Gasteiger partial charge is 0.399 e. The van der Waals surface area contributed by atoms with Crippen molar-refractivity contribution in [1.29, 1.82) is 0 Å². The number of rotatable bonds is 2. The Bertz CT molecular complexity index is 562. The van der Waals surface area contributed by atoms with Crippen molar-refractivity contribution >= 4 is 27.3 Å². The lowest BCUT2D eigenvalue weighted by atomic mass is 10.3. The topological polar surface area (TPSA) is 72.6 Å². The van der Waals surface area contributed by atoms with E-state index in [4.69, 9.17) is 22.1 Å². The molecule has 2 rings (SSSR count). The van der Waals surface area contributed by atoms with Crippen LogP contribution in [0, 0.1) is 0 Å². The van der Waals surface area contributed by atoms with Crippen molar-refractivity contribution in [2.24, 2.45) is 0 Å². The van der Waals surface area contributed by atoms with Crippen molar-refractivity contribution < 1.29 is 13.2 Å². The van der Waals surface area contributed by atoms with Gasteiger partial charge in [0.05, 0.1) is 11.1 Å². The molecule has 0 radical (unpaired) electrons. The maximum absolute atomic E-state index is 12.6. The van der Waals surface area contributed by atoms with Gasteiger partial charge < -0.3 is 10.5 Å². The summed E-state index contributed by atoms with van der Waals surface area (Å²) in [5, 5.41) is 0.187. The van der Waals surface area contributed by atoms with Gasteiger partial charge in [-0.1, -0.05) is 11.6 Å². The molecule has 1 heterocycles. The second-order valence-electron chi connectivity index (χ2n) is 4.59. The number of sulfonamides is 1. The summed E-state index contributed by atoms with van der Waals surface area (Å²) in [4.78, 5) is 0.0586. The second kappa shape index (κ2) is 5.66. The zero-order chi connectivity index (χ0) is 14.0. The maximum atomic E-state index is 12.6. The SMILES string of the molecule is CC1CN(S(=O)(=O)c2cc(N)ccc2Cl)CCCO1. The van der Waals surface area contributed by atoms with Crippen LogP contribution in [0.4, 0.5) is 5.69 Å². The first-order valence-corrected chi connectivity index (χ1v) is 7.90. The van der Waals surface area contributed by atoms with Gasteiger partial charge in [-0.25, -0.2) is 8.42 Å². The molecule has 0 spiro atoms. The van der Waals surface area contributed by atoms with Crippen molar-refractivity contribution in [2.45, 2.75) is 24.3 Å². The minimum atomic E-state index is -3.63. The number of anilines is 1. The molecule has 0 bridgehead atoms. The van der Waals surface area contributed by atoms with E-state index in [0.29, 0.717) is 31.8 Å². The molecule has 1 aromatic carbocycles. The highest BCUT2D eigenvalue weighted by molar-refractivity contribution is 7.89. The second-order valence-corrected chi connectivity index (χ2v) is 6.90. The molecule has 7 heteroatoms. The Morgan fingerprint density at radius 3 is 2.95 bits per heavy atom. The fourth-order valence-electron chi connectivity index (χ4n) is 2.03. The first-order chi connectivity index (χ1) is 8.91. The highest BCUT2D eigenvalue weighted by atomic mass is 35.5. The molecule has 1 aliphatic heterocycles. The van der Waals surface area contributed by atoms with E-state index in [1.807, 2.05) is 6.92 Å². The predicted molar refractivity (Wildman–Crippen MR) is 74.7 cm³/mol. The number of nitrogens with two attached hydrogens (primary N) is 1. The van der Waals surface area contributed by atoms with Crippen LogP contribution in [0.5, 0.6) is 0 Å². The van der Waals surface area contributed by atoms with Gasteiger partial charge >= 0.3 is 0 Å². The van der Waals surface area contributed by atoms with Gasteiger partial charge in [0.15, 0.2) is 0 Å². The van der Waals surface area contributed by atoms with Crippen molar-refractivity contribution in [3.8, 4) is 0 Å². The summed E-state index contributed by atoms with van der Waals surface area (Å²) in [6.45, 7) is 3.18. The number of hydrogen-bond acceptors (Lipinski definition) is 4. The number of nitrogens with zero attached hydrogens (tertiary/aromatic N) is 1. The Labute approximate surface area is 118 Å². The van der Waals surface area contributed by atoms with Crippen molar-refractivity contribution in [3.63, 3.8) is 0 Å². The first kappa shape index (κ1) is 14.6. The lowest BCUT2D eigenvalue weighted by molar-refractivity contribution is 0.0752. The summed E-state index contributed by atoms with van der Waals surface area (Å²) >= 11 is 5.98. The van der Waals surface area contributed by atoms with Crippen LogP contribution >= 0.6 is 11.6 Å². The van der Waals surface area contributed by atoms with Gasteiger partial charge in [-0.05, 0) is 31.5 Å². The number of nitrogen functional groups attached to an aromatic ring is 1. The Balaban J connectivity index is 2.38. The van der Waals surface area contributed by atoms with Crippen LogP contribution in [0.2, 0.25) is 5.02 Å². The van der Waals surface area contributed by atoms with E-state index in [1.54, 1.807) is 6.07 Å². The van der Waals surface area contributed by atoms with E-state index in [2.05, 4.69) is 0 Å². The predicted octanol–water partition coefficient (Wildman–Crippen LogP) is 1.72. The van der Waals surface area contributed by atoms with E-state index in [1.165, 1.54) is 16.4 Å². The van der Waals surface area contributed by atoms with E-state index >= 15 is 0 Å². The standard InChI is InChI=1S/C12H17ClN2O3S/c1-9-8-15(5-2-6-18-9)19(16,17)12-7-10(14)3-4-11(12)13/h3-4,7,9H,2,5-6,8,14H2,1H3. The highest BCUT2D eigenvalue weighted by Crippen LogP contribution is 2.27. The van der Waals surface area contributed by atoms with Crippen LogP contribution in [0.15, 0.2) is 23.1 Å². The van der Waals surface area contributed by atoms with Crippen LogP contribution in [-0.4, -0.2) is 38.5 Å². The van der Waals surface area contributed by atoms with Crippen LogP contribution in [0.3, 0.4) is 0 Å². The molecule has 5 nitrogen and oxygen atoms in total. The van der Waals surface area contributed by atoms with Gasteiger partial charge in [0.1, 0.15) is 4.90 Å². The summed E-state index contributed by atoms with van der Waals surface area (Å²) in [6.07, 6.45) is 0.542. The fraction of sp³-hybridized carbons (Fsp3) is 0.500. The molecule has 0 amide bonds. The van der Waals surface area contributed by atoms with Gasteiger partial charge in [0, 0.05) is 25.4 Å². The minimum Gasteiger partial charge on any atom is -0.399 e. The van der Waals surface area contributed by atoms with E-state index in [0.717, 1.165) is 0 Å². The average Bonchev–Trinajstić information content (AvgIpc) is 2.57. The Morgan fingerprint density at radius 2 is 2.21 bits per heavy atom. The normalized spacial score (nSPS) is 22.1. The highest BCUT2D eigenvalue weighted by Gasteiger charge is 2.29. The van der Waals surface area contributed by atoms with Crippen molar-refractivity contribution in [3.05, 3.63) is 23.2 Å². The monoisotopic (exact) mass is 304 g/mol. The molecule has 2 N–H and O–H groups in total. The molecule has 1 unspecified atom stereocenters. The third-order valence-electron chi connectivity index (χ3n) is 2.99. The number of ether oxygens (including phenoxy) is 1. The summed E-state index contributed by atoms with van der Waals surface area (Å²) in [5.74, 6) is 0. The third kappa shape index (κ3) is 3.20. The zero-order valence-corrected chi connectivity index (χ0v) is 12.2. The Morgan fingerprint density at radius 1 is 1.47 bits per heavy atom. The number of benzene rings is 1. The van der Waals surface area contributed by atoms with Crippen LogP contribution < -0.4 is 5.73 Å². The molecule has 1 saturated heterocycles. The van der Waals surface area contributed by atoms with Crippen LogP contribution in [0.25, 0.3) is 0 Å². The van der Waals surface area contributed by atoms with E-state index in [9.17, 15) is 8.42 Å². The van der Waals surface area contributed by atoms with Gasteiger partial charge in [0.2, 0.25) is 10.0 Å². The molecule has 0 aliphatic carbocycles. The van der Waals surface area contributed by atoms with Gasteiger partial charge in [-0.15, -0.1) is 0 Å². The molecule has 1 aliphatic rings.